The number of furan rings is 1. The van der Waals surface area contributed by atoms with E-state index in [1.165, 1.54) is 25.1 Å². The smallest absolute Gasteiger partial charge is 0.118 e. The summed E-state index contributed by atoms with van der Waals surface area (Å²) in [6.45, 7) is 10.9. The fourth-order valence-corrected chi connectivity index (χ4v) is 2.31. The highest BCUT2D eigenvalue weighted by atomic mass is 16.3. The van der Waals surface area contributed by atoms with Crippen LogP contribution in [0.25, 0.3) is 0 Å². The number of nitrogens with zero attached hydrogens (tertiary/aromatic N) is 1. The Bertz CT molecular complexity index is 346. The molecule has 3 nitrogen and oxygen atoms in total. The molecule has 1 N–H and O–H groups in total. The third-order valence-electron chi connectivity index (χ3n) is 3.31. The maximum atomic E-state index is 5.61. The maximum absolute atomic E-state index is 5.61. The second kappa shape index (κ2) is 5.69. The third kappa shape index (κ3) is 3.86. The minimum absolute atomic E-state index is 0.521. The van der Waals surface area contributed by atoms with Crippen molar-refractivity contribution in [3.63, 3.8) is 0 Å². The zero-order valence-electron chi connectivity index (χ0n) is 11.2. The molecule has 1 aromatic rings. The number of hydrogen-bond donors (Lipinski definition) is 1. The van der Waals surface area contributed by atoms with Gasteiger partial charge < -0.3 is 9.73 Å². The molecule has 0 spiro atoms. The Morgan fingerprint density at radius 3 is 3.00 bits per heavy atom. The lowest BCUT2D eigenvalue weighted by molar-refractivity contribution is 0.289. The van der Waals surface area contributed by atoms with Crippen LogP contribution in [0.3, 0.4) is 0 Å². The van der Waals surface area contributed by atoms with Gasteiger partial charge in [-0.3, -0.25) is 4.90 Å². The summed E-state index contributed by atoms with van der Waals surface area (Å²) in [6, 6.07) is 2.70. The van der Waals surface area contributed by atoms with E-state index in [0.717, 1.165) is 24.8 Å². The molecule has 0 saturated carbocycles. The summed E-state index contributed by atoms with van der Waals surface area (Å²) in [7, 11) is 0. The third-order valence-corrected chi connectivity index (χ3v) is 3.31. The van der Waals surface area contributed by atoms with E-state index >= 15 is 0 Å². The monoisotopic (exact) mass is 236 g/mol. The van der Waals surface area contributed by atoms with Gasteiger partial charge in [0.2, 0.25) is 0 Å². The van der Waals surface area contributed by atoms with Crippen LogP contribution in [0.2, 0.25) is 0 Å². The van der Waals surface area contributed by atoms with E-state index in [-0.39, 0.29) is 0 Å². The highest BCUT2D eigenvalue weighted by molar-refractivity contribution is 5.12. The molecule has 1 aliphatic heterocycles. The molecular weight excluding hydrogens is 212 g/mol. The Balaban J connectivity index is 1.81. The van der Waals surface area contributed by atoms with Crippen molar-refractivity contribution >= 4 is 0 Å². The molecule has 2 heterocycles. The van der Waals surface area contributed by atoms with Crippen LogP contribution >= 0.6 is 0 Å². The van der Waals surface area contributed by atoms with Crippen molar-refractivity contribution in [3.05, 3.63) is 23.7 Å². The Kier molecular flexibility index (Phi) is 4.24. The standard InChI is InChI=1S/C14H24N2O/c1-11(2)15-7-13-6-14(17-10-13)9-16-5-4-12(3)8-16/h6,10-12,15H,4-5,7-9H2,1-3H3. The van der Waals surface area contributed by atoms with Gasteiger partial charge in [-0.2, -0.15) is 0 Å². The largest absolute Gasteiger partial charge is 0.468 e. The summed E-state index contributed by atoms with van der Waals surface area (Å²) < 4.78 is 5.61. The molecule has 1 unspecified atom stereocenters. The zero-order chi connectivity index (χ0) is 12.3. The summed E-state index contributed by atoms with van der Waals surface area (Å²) in [4.78, 5) is 2.48. The summed E-state index contributed by atoms with van der Waals surface area (Å²) in [5.41, 5.74) is 1.25. The number of likely N-dealkylation sites (tertiary alicyclic amines) is 1. The Morgan fingerprint density at radius 2 is 2.35 bits per heavy atom. The Hall–Kier alpha value is -0.800. The molecule has 17 heavy (non-hydrogen) atoms. The molecule has 0 aromatic carbocycles. The van der Waals surface area contributed by atoms with Crippen LogP contribution in [0.15, 0.2) is 16.7 Å². The number of rotatable bonds is 5. The molecule has 1 saturated heterocycles. The number of hydrogen-bond acceptors (Lipinski definition) is 3. The van der Waals surface area contributed by atoms with Gasteiger partial charge in [-0.25, -0.2) is 0 Å². The van der Waals surface area contributed by atoms with Gasteiger partial charge in [0.15, 0.2) is 0 Å². The number of nitrogens with one attached hydrogen (secondary N) is 1. The zero-order valence-corrected chi connectivity index (χ0v) is 11.2. The molecule has 2 rings (SSSR count). The Morgan fingerprint density at radius 1 is 1.53 bits per heavy atom. The minimum atomic E-state index is 0.521. The van der Waals surface area contributed by atoms with Gasteiger partial charge in [-0.05, 0) is 24.9 Å². The first-order valence-corrected chi connectivity index (χ1v) is 6.65. The molecule has 1 fully saturated rings. The van der Waals surface area contributed by atoms with Crippen molar-refractivity contribution in [2.24, 2.45) is 5.92 Å². The molecule has 1 aromatic heterocycles. The van der Waals surface area contributed by atoms with Gasteiger partial charge in [0.25, 0.3) is 0 Å². The van der Waals surface area contributed by atoms with E-state index < -0.39 is 0 Å². The second-order valence-corrected chi connectivity index (χ2v) is 5.59. The van der Waals surface area contributed by atoms with Gasteiger partial charge in [0.1, 0.15) is 5.76 Å². The van der Waals surface area contributed by atoms with Crippen molar-refractivity contribution < 1.29 is 4.42 Å². The maximum Gasteiger partial charge on any atom is 0.118 e. The van der Waals surface area contributed by atoms with E-state index in [1.54, 1.807) is 0 Å². The van der Waals surface area contributed by atoms with Crippen LogP contribution in [0.4, 0.5) is 0 Å². The van der Waals surface area contributed by atoms with E-state index in [1.807, 2.05) is 6.26 Å². The predicted octanol–water partition coefficient (Wildman–Crippen LogP) is 2.62. The van der Waals surface area contributed by atoms with Crippen molar-refractivity contribution in [1.82, 2.24) is 10.2 Å². The first kappa shape index (κ1) is 12.7. The van der Waals surface area contributed by atoms with Crippen LogP contribution in [0.1, 0.15) is 38.5 Å². The van der Waals surface area contributed by atoms with Gasteiger partial charge in [0.05, 0.1) is 12.8 Å². The van der Waals surface area contributed by atoms with Gasteiger partial charge in [-0.15, -0.1) is 0 Å². The lowest BCUT2D eigenvalue weighted by Gasteiger charge is -2.12. The average Bonchev–Trinajstić information content (AvgIpc) is 2.86. The molecule has 96 valence electrons. The summed E-state index contributed by atoms with van der Waals surface area (Å²) >= 11 is 0. The van der Waals surface area contributed by atoms with Crippen molar-refractivity contribution in [2.45, 2.75) is 46.3 Å². The van der Waals surface area contributed by atoms with Gasteiger partial charge in [-0.1, -0.05) is 20.8 Å². The average molecular weight is 236 g/mol. The predicted molar refractivity (Wildman–Crippen MR) is 69.7 cm³/mol. The molecule has 0 aliphatic carbocycles. The van der Waals surface area contributed by atoms with Crippen LogP contribution in [0.5, 0.6) is 0 Å². The lowest BCUT2D eigenvalue weighted by Crippen LogP contribution is -2.21. The highest BCUT2D eigenvalue weighted by Crippen LogP contribution is 2.18. The van der Waals surface area contributed by atoms with Crippen molar-refractivity contribution in [3.8, 4) is 0 Å². The summed E-state index contributed by atoms with van der Waals surface area (Å²) in [5.74, 6) is 1.94. The van der Waals surface area contributed by atoms with Crippen LogP contribution in [-0.4, -0.2) is 24.0 Å². The van der Waals surface area contributed by atoms with Gasteiger partial charge in [0, 0.05) is 24.7 Å². The van der Waals surface area contributed by atoms with Crippen LogP contribution in [-0.2, 0) is 13.1 Å². The normalized spacial score (nSPS) is 21.5. The first-order valence-electron chi connectivity index (χ1n) is 6.65. The topological polar surface area (TPSA) is 28.4 Å². The summed E-state index contributed by atoms with van der Waals surface area (Å²) in [5, 5.41) is 3.40. The molecule has 1 aliphatic rings. The quantitative estimate of drug-likeness (QED) is 0.852. The van der Waals surface area contributed by atoms with Crippen LogP contribution < -0.4 is 5.32 Å². The van der Waals surface area contributed by atoms with E-state index in [9.17, 15) is 0 Å². The fourth-order valence-electron chi connectivity index (χ4n) is 2.31. The second-order valence-electron chi connectivity index (χ2n) is 5.59. The fraction of sp³-hybridized carbons (Fsp3) is 0.714. The lowest BCUT2D eigenvalue weighted by atomic mass is 10.2. The molecule has 1 atom stereocenters. The van der Waals surface area contributed by atoms with Crippen LogP contribution in [0, 0.1) is 5.92 Å². The highest BCUT2D eigenvalue weighted by Gasteiger charge is 2.19. The molecular formula is C14H24N2O. The van der Waals surface area contributed by atoms with E-state index in [4.69, 9.17) is 4.42 Å². The minimum Gasteiger partial charge on any atom is -0.468 e. The van der Waals surface area contributed by atoms with E-state index in [0.29, 0.717) is 6.04 Å². The van der Waals surface area contributed by atoms with Crippen molar-refractivity contribution in [1.29, 1.82) is 0 Å². The first-order chi connectivity index (χ1) is 8.13. The molecule has 0 amide bonds. The SMILES string of the molecule is CC1CCN(Cc2cc(CNC(C)C)co2)C1. The van der Waals surface area contributed by atoms with E-state index in [2.05, 4.69) is 37.1 Å². The molecule has 0 radical (unpaired) electrons. The van der Waals surface area contributed by atoms with Gasteiger partial charge >= 0.3 is 0 Å². The van der Waals surface area contributed by atoms with Crippen molar-refractivity contribution in [2.75, 3.05) is 13.1 Å². The Labute approximate surface area is 104 Å². The molecule has 3 heteroatoms. The molecule has 0 bridgehead atoms. The summed E-state index contributed by atoms with van der Waals surface area (Å²) in [6.07, 6.45) is 3.20.